The lowest BCUT2D eigenvalue weighted by Gasteiger charge is -2.13. The number of aryl methyl sites for hydroxylation is 2. The van der Waals surface area contributed by atoms with Crippen LogP contribution in [0.15, 0.2) is 23.4 Å². The minimum absolute atomic E-state index is 0.0389. The first-order valence-corrected chi connectivity index (χ1v) is 7.55. The van der Waals surface area contributed by atoms with E-state index in [0.29, 0.717) is 5.16 Å². The van der Waals surface area contributed by atoms with Gasteiger partial charge in [-0.25, -0.2) is 0 Å². The number of hydrogen-bond donors (Lipinski definition) is 3. The highest BCUT2D eigenvalue weighted by Gasteiger charge is 2.17. The van der Waals surface area contributed by atoms with Crippen molar-refractivity contribution in [2.75, 3.05) is 16.8 Å². The number of nitrogens with one attached hydrogen (secondary N) is 1. The van der Waals surface area contributed by atoms with E-state index >= 15 is 0 Å². The van der Waals surface area contributed by atoms with Crippen LogP contribution >= 0.6 is 11.8 Å². The molecule has 2 aromatic rings. The van der Waals surface area contributed by atoms with Crippen LogP contribution in [0.1, 0.15) is 18.1 Å². The molecular weight excluding hydrogens is 300 g/mol. The third-order valence-electron chi connectivity index (χ3n) is 2.94. The SMILES string of the molecule is Cc1ccc(NC(=O)[C@H](C)Sc2nc(N)nc(N)n2)c(C)c1. The summed E-state index contributed by atoms with van der Waals surface area (Å²) in [5.74, 6) is -0.0662. The topological polar surface area (TPSA) is 120 Å². The maximum atomic E-state index is 12.3. The van der Waals surface area contributed by atoms with Crippen LogP contribution in [0, 0.1) is 13.8 Å². The third-order valence-corrected chi connectivity index (χ3v) is 3.90. The van der Waals surface area contributed by atoms with Crippen LogP contribution in [0.4, 0.5) is 17.6 Å². The van der Waals surface area contributed by atoms with Crippen LogP contribution in [-0.2, 0) is 4.79 Å². The molecule has 0 radical (unpaired) electrons. The van der Waals surface area contributed by atoms with Gasteiger partial charge in [-0.3, -0.25) is 4.79 Å². The number of carbonyl (C=O) groups is 1. The first kappa shape index (κ1) is 16.0. The van der Waals surface area contributed by atoms with Crippen molar-refractivity contribution in [2.24, 2.45) is 0 Å². The minimum atomic E-state index is -0.401. The molecule has 1 atom stereocenters. The lowest BCUT2D eigenvalue weighted by atomic mass is 10.1. The van der Waals surface area contributed by atoms with Crippen LogP contribution in [0.2, 0.25) is 0 Å². The van der Waals surface area contributed by atoms with Gasteiger partial charge in [0.25, 0.3) is 0 Å². The average molecular weight is 318 g/mol. The van der Waals surface area contributed by atoms with Gasteiger partial charge < -0.3 is 16.8 Å². The zero-order valence-electron chi connectivity index (χ0n) is 12.6. The number of nitrogens with zero attached hydrogens (tertiary/aromatic N) is 3. The van der Waals surface area contributed by atoms with Crippen molar-refractivity contribution >= 4 is 35.3 Å². The molecule has 0 spiro atoms. The molecule has 0 aliphatic rings. The molecule has 8 heteroatoms. The molecule has 0 fully saturated rings. The largest absolute Gasteiger partial charge is 0.368 e. The second kappa shape index (κ2) is 6.61. The molecule has 0 bridgehead atoms. The Morgan fingerprint density at radius 3 is 2.41 bits per heavy atom. The summed E-state index contributed by atoms with van der Waals surface area (Å²) in [6.45, 7) is 5.72. The van der Waals surface area contributed by atoms with Gasteiger partial charge in [0, 0.05) is 5.69 Å². The first-order chi connectivity index (χ1) is 10.3. The molecule has 5 N–H and O–H groups in total. The van der Waals surface area contributed by atoms with Crippen LogP contribution in [-0.4, -0.2) is 26.1 Å². The summed E-state index contributed by atoms with van der Waals surface area (Å²) in [5, 5.41) is 2.82. The second-order valence-corrected chi connectivity index (χ2v) is 6.21. The zero-order chi connectivity index (χ0) is 16.3. The monoisotopic (exact) mass is 318 g/mol. The fourth-order valence-corrected chi connectivity index (χ4v) is 2.62. The van der Waals surface area contributed by atoms with Gasteiger partial charge >= 0.3 is 0 Å². The quantitative estimate of drug-likeness (QED) is 0.735. The van der Waals surface area contributed by atoms with Crippen molar-refractivity contribution < 1.29 is 4.79 Å². The van der Waals surface area contributed by atoms with Gasteiger partial charge in [0.2, 0.25) is 17.8 Å². The summed E-state index contributed by atoms with van der Waals surface area (Å²) in [6.07, 6.45) is 0. The van der Waals surface area contributed by atoms with E-state index in [2.05, 4.69) is 20.3 Å². The van der Waals surface area contributed by atoms with E-state index in [1.54, 1.807) is 6.92 Å². The number of hydrogen-bond acceptors (Lipinski definition) is 7. The van der Waals surface area contributed by atoms with Gasteiger partial charge in [0.15, 0.2) is 5.16 Å². The standard InChI is InChI=1S/C14H18N6OS/c1-7-4-5-10(8(2)6-7)17-11(21)9(3)22-14-19-12(15)18-13(16)20-14/h4-6,9H,1-3H3,(H,17,21)(H4,15,16,18,19,20)/t9-/m0/s1. The van der Waals surface area contributed by atoms with Crippen molar-refractivity contribution in [1.29, 1.82) is 0 Å². The second-order valence-electron chi connectivity index (χ2n) is 4.90. The molecule has 0 saturated carbocycles. The Morgan fingerprint density at radius 2 is 1.82 bits per heavy atom. The smallest absolute Gasteiger partial charge is 0.237 e. The van der Waals surface area contributed by atoms with Crippen molar-refractivity contribution in [3.05, 3.63) is 29.3 Å². The van der Waals surface area contributed by atoms with E-state index in [4.69, 9.17) is 11.5 Å². The molecular formula is C14H18N6OS. The van der Waals surface area contributed by atoms with Crippen LogP contribution in [0.3, 0.4) is 0 Å². The number of benzene rings is 1. The van der Waals surface area contributed by atoms with Crippen molar-refractivity contribution in [1.82, 2.24) is 15.0 Å². The molecule has 22 heavy (non-hydrogen) atoms. The summed E-state index contributed by atoms with van der Waals surface area (Å²) >= 11 is 1.17. The van der Waals surface area contributed by atoms with Crippen molar-refractivity contribution in [3.63, 3.8) is 0 Å². The number of anilines is 3. The summed E-state index contributed by atoms with van der Waals surface area (Å²) in [7, 11) is 0. The Balaban J connectivity index is 2.05. The van der Waals surface area contributed by atoms with Gasteiger partial charge in [-0.2, -0.15) is 15.0 Å². The van der Waals surface area contributed by atoms with Gasteiger partial charge in [-0.1, -0.05) is 29.5 Å². The summed E-state index contributed by atoms with van der Waals surface area (Å²) in [6, 6.07) is 5.85. The number of rotatable bonds is 4. The van der Waals surface area contributed by atoms with Crippen molar-refractivity contribution in [2.45, 2.75) is 31.2 Å². The highest BCUT2D eigenvalue weighted by molar-refractivity contribution is 8.00. The van der Waals surface area contributed by atoms with E-state index in [1.807, 2.05) is 32.0 Å². The lowest BCUT2D eigenvalue weighted by Crippen LogP contribution is -2.23. The van der Waals surface area contributed by atoms with Crippen LogP contribution in [0.25, 0.3) is 0 Å². The number of nitrogen functional groups attached to an aromatic ring is 2. The molecule has 1 aromatic carbocycles. The Morgan fingerprint density at radius 1 is 1.18 bits per heavy atom. The van der Waals surface area contributed by atoms with E-state index in [-0.39, 0.29) is 17.8 Å². The molecule has 0 aliphatic carbocycles. The van der Waals surface area contributed by atoms with E-state index in [0.717, 1.165) is 16.8 Å². The van der Waals surface area contributed by atoms with Gasteiger partial charge in [-0.15, -0.1) is 0 Å². The lowest BCUT2D eigenvalue weighted by molar-refractivity contribution is -0.115. The Hall–Kier alpha value is -2.35. The molecule has 1 amide bonds. The normalized spacial score (nSPS) is 12.0. The molecule has 7 nitrogen and oxygen atoms in total. The molecule has 1 heterocycles. The fourth-order valence-electron chi connectivity index (χ4n) is 1.84. The fraction of sp³-hybridized carbons (Fsp3) is 0.286. The highest BCUT2D eigenvalue weighted by Crippen LogP contribution is 2.23. The Bertz CT molecular complexity index is 685. The highest BCUT2D eigenvalue weighted by atomic mass is 32.2. The molecule has 0 unspecified atom stereocenters. The minimum Gasteiger partial charge on any atom is -0.368 e. The van der Waals surface area contributed by atoms with Crippen molar-refractivity contribution in [3.8, 4) is 0 Å². The summed E-state index contributed by atoms with van der Waals surface area (Å²) < 4.78 is 0. The Kier molecular flexibility index (Phi) is 4.81. The summed E-state index contributed by atoms with van der Waals surface area (Å²) in [5.41, 5.74) is 14.0. The van der Waals surface area contributed by atoms with Gasteiger partial charge in [-0.05, 0) is 32.4 Å². The maximum absolute atomic E-state index is 12.3. The number of carbonyl (C=O) groups excluding carboxylic acids is 1. The summed E-state index contributed by atoms with van der Waals surface area (Å²) in [4.78, 5) is 23.9. The zero-order valence-corrected chi connectivity index (χ0v) is 13.4. The van der Waals surface area contributed by atoms with Crippen LogP contribution < -0.4 is 16.8 Å². The predicted octanol–water partition coefficient (Wildman–Crippen LogP) is 1.77. The number of amides is 1. The molecule has 1 aromatic heterocycles. The maximum Gasteiger partial charge on any atom is 0.237 e. The molecule has 116 valence electrons. The molecule has 0 saturated heterocycles. The predicted molar refractivity (Wildman–Crippen MR) is 88.5 cm³/mol. The number of nitrogens with two attached hydrogens (primary N) is 2. The van der Waals surface area contributed by atoms with E-state index in [9.17, 15) is 4.79 Å². The first-order valence-electron chi connectivity index (χ1n) is 6.67. The average Bonchev–Trinajstić information content (AvgIpc) is 2.40. The van der Waals surface area contributed by atoms with E-state index in [1.165, 1.54) is 11.8 Å². The number of aromatic nitrogens is 3. The van der Waals surface area contributed by atoms with Gasteiger partial charge in [0.05, 0.1) is 5.25 Å². The van der Waals surface area contributed by atoms with Gasteiger partial charge in [0.1, 0.15) is 0 Å². The third kappa shape index (κ3) is 4.08. The molecule has 2 rings (SSSR count). The molecule has 0 aliphatic heterocycles. The Labute approximate surface area is 132 Å². The number of thioether (sulfide) groups is 1. The van der Waals surface area contributed by atoms with Crippen LogP contribution in [0.5, 0.6) is 0 Å². The van der Waals surface area contributed by atoms with E-state index < -0.39 is 5.25 Å².